The third kappa shape index (κ3) is 2.43. The summed E-state index contributed by atoms with van der Waals surface area (Å²) in [6.07, 6.45) is 1.96. The highest BCUT2D eigenvalue weighted by Crippen LogP contribution is 2.16. The predicted molar refractivity (Wildman–Crippen MR) is 57.6 cm³/mol. The van der Waals surface area contributed by atoms with E-state index in [0.717, 1.165) is 18.9 Å². The molecule has 82 valence electrons. The first-order chi connectivity index (χ1) is 7.29. The lowest BCUT2D eigenvalue weighted by molar-refractivity contribution is -0.0107. The quantitative estimate of drug-likeness (QED) is 0.742. The van der Waals surface area contributed by atoms with Crippen molar-refractivity contribution in [3.63, 3.8) is 0 Å². The summed E-state index contributed by atoms with van der Waals surface area (Å²) in [6.45, 7) is 4.22. The molecule has 0 spiro atoms. The lowest BCUT2D eigenvalue weighted by Gasteiger charge is -2.36. The number of anilines is 1. The Balaban J connectivity index is 2.09. The largest absolute Gasteiger partial charge is 0.370 e. The maximum absolute atomic E-state index is 5.67. The molecule has 0 aliphatic carbocycles. The van der Waals surface area contributed by atoms with E-state index in [1.165, 1.54) is 0 Å². The van der Waals surface area contributed by atoms with E-state index in [2.05, 4.69) is 15.1 Å². The summed E-state index contributed by atoms with van der Waals surface area (Å²) >= 11 is 0. The van der Waals surface area contributed by atoms with Crippen LogP contribution in [0.2, 0.25) is 0 Å². The summed E-state index contributed by atoms with van der Waals surface area (Å²) in [4.78, 5) is 2.17. The minimum atomic E-state index is 0.0933. The highest BCUT2D eigenvalue weighted by atomic mass is 16.5. The number of hydrogen-bond acceptors (Lipinski definition) is 5. The molecule has 2 unspecified atom stereocenters. The molecule has 15 heavy (non-hydrogen) atoms. The first kappa shape index (κ1) is 10.3. The molecule has 1 aromatic heterocycles. The van der Waals surface area contributed by atoms with Gasteiger partial charge in [0.05, 0.1) is 12.2 Å². The van der Waals surface area contributed by atoms with E-state index in [1.807, 2.05) is 19.1 Å². The second kappa shape index (κ2) is 4.55. The Labute approximate surface area is 89.2 Å². The third-order valence-electron chi connectivity index (χ3n) is 2.47. The molecule has 2 rings (SSSR count). The van der Waals surface area contributed by atoms with Gasteiger partial charge in [-0.3, -0.25) is 0 Å². The second-order valence-electron chi connectivity index (χ2n) is 3.79. The summed E-state index contributed by atoms with van der Waals surface area (Å²) in [5, 5.41) is 7.96. The van der Waals surface area contributed by atoms with E-state index in [1.54, 1.807) is 6.20 Å². The maximum atomic E-state index is 5.67. The van der Waals surface area contributed by atoms with Crippen LogP contribution in [0.15, 0.2) is 18.3 Å². The van der Waals surface area contributed by atoms with Crippen molar-refractivity contribution in [1.29, 1.82) is 0 Å². The van der Waals surface area contributed by atoms with Gasteiger partial charge in [-0.25, -0.2) is 0 Å². The SMILES string of the molecule is CC1CN(c2cccnn2)CC(CN)O1. The minimum absolute atomic E-state index is 0.0933. The average Bonchev–Trinajstić information content (AvgIpc) is 2.29. The second-order valence-corrected chi connectivity index (χ2v) is 3.79. The number of nitrogens with zero attached hydrogens (tertiary/aromatic N) is 3. The molecular formula is C10H16N4O. The van der Waals surface area contributed by atoms with Crippen LogP contribution < -0.4 is 10.6 Å². The van der Waals surface area contributed by atoms with Crippen molar-refractivity contribution in [3.8, 4) is 0 Å². The molecule has 2 atom stereocenters. The van der Waals surface area contributed by atoms with E-state index in [4.69, 9.17) is 10.5 Å². The molecule has 1 aliphatic rings. The lowest BCUT2D eigenvalue weighted by Crippen LogP contribution is -2.49. The lowest BCUT2D eigenvalue weighted by atomic mass is 10.2. The topological polar surface area (TPSA) is 64.3 Å². The zero-order valence-corrected chi connectivity index (χ0v) is 8.84. The number of nitrogens with two attached hydrogens (primary N) is 1. The van der Waals surface area contributed by atoms with Gasteiger partial charge in [0, 0.05) is 25.8 Å². The van der Waals surface area contributed by atoms with Gasteiger partial charge in [-0.2, -0.15) is 5.10 Å². The average molecular weight is 208 g/mol. The van der Waals surface area contributed by atoms with Crippen molar-refractivity contribution in [2.75, 3.05) is 24.5 Å². The molecule has 5 heteroatoms. The molecule has 0 radical (unpaired) electrons. The molecular weight excluding hydrogens is 192 g/mol. The van der Waals surface area contributed by atoms with Gasteiger partial charge >= 0.3 is 0 Å². The fourth-order valence-corrected chi connectivity index (χ4v) is 1.82. The molecule has 0 aromatic carbocycles. The fourth-order valence-electron chi connectivity index (χ4n) is 1.82. The zero-order valence-electron chi connectivity index (χ0n) is 8.84. The Kier molecular flexibility index (Phi) is 3.13. The van der Waals surface area contributed by atoms with Gasteiger partial charge in [0.25, 0.3) is 0 Å². The summed E-state index contributed by atoms with van der Waals surface area (Å²) in [6, 6.07) is 3.85. The van der Waals surface area contributed by atoms with Crippen molar-refractivity contribution >= 4 is 5.82 Å². The third-order valence-corrected chi connectivity index (χ3v) is 2.47. The van der Waals surface area contributed by atoms with Crippen molar-refractivity contribution in [3.05, 3.63) is 18.3 Å². The highest BCUT2D eigenvalue weighted by molar-refractivity contribution is 5.37. The molecule has 0 bridgehead atoms. The van der Waals surface area contributed by atoms with Crippen molar-refractivity contribution in [2.45, 2.75) is 19.1 Å². The van der Waals surface area contributed by atoms with E-state index in [-0.39, 0.29) is 12.2 Å². The Morgan fingerprint density at radius 1 is 1.60 bits per heavy atom. The van der Waals surface area contributed by atoms with Gasteiger partial charge in [-0.05, 0) is 19.1 Å². The van der Waals surface area contributed by atoms with E-state index >= 15 is 0 Å². The number of morpholine rings is 1. The molecule has 5 nitrogen and oxygen atoms in total. The van der Waals surface area contributed by atoms with Crippen LogP contribution in [0.3, 0.4) is 0 Å². The molecule has 1 fully saturated rings. The number of rotatable bonds is 2. The van der Waals surface area contributed by atoms with Crippen LogP contribution in [0, 0.1) is 0 Å². The van der Waals surface area contributed by atoms with Crippen molar-refractivity contribution in [1.82, 2.24) is 10.2 Å². The first-order valence-electron chi connectivity index (χ1n) is 5.17. The monoisotopic (exact) mass is 208 g/mol. The highest BCUT2D eigenvalue weighted by Gasteiger charge is 2.24. The molecule has 2 N–H and O–H groups in total. The number of hydrogen-bond donors (Lipinski definition) is 1. The smallest absolute Gasteiger partial charge is 0.151 e. The van der Waals surface area contributed by atoms with Crippen LogP contribution in [-0.2, 0) is 4.74 Å². The Hall–Kier alpha value is -1.20. The van der Waals surface area contributed by atoms with Gasteiger partial charge < -0.3 is 15.4 Å². The van der Waals surface area contributed by atoms with Gasteiger partial charge in [-0.15, -0.1) is 5.10 Å². The first-order valence-corrected chi connectivity index (χ1v) is 5.17. The van der Waals surface area contributed by atoms with Gasteiger partial charge in [0.2, 0.25) is 0 Å². The molecule has 1 aliphatic heterocycles. The summed E-state index contributed by atoms with van der Waals surface area (Å²) in [7, 11) is 0. The Morgan fingerprint density at radius 3 is 3.13 bits per heavy atom. The van der Waals surface area contributed by atoms with Crippen LogP contribution in [-0.4, -0.2) is 42.0 Å². The molecule has 1 aromatic rings. The van der Waals surface area contributed by atoms with E-state index in [0.29, 0.717) is 6.54 Å². The maximum Gasteiger partial charge on any atom is 0.151 e. The zero-order chi connectivity index (χ0) is 10.7. The summed E-state index contributed by atoms with van der Waals surface area (Å²) in [5.41, 5.74) is 5.62. The van der Waals surface area contributed by atoms with E-state index < -0.39 is 0 Å². The minimum Gasteiger partial charge on any atom is -0.370 e. The number of aromatic nitrogens is 2. The van der Waals surface area contributed by atoms with Gasteiger partial charge in [0.1, 0.15) is 0 Å². The van der Waals surface area contributed by atoms with Crippen molar-refractivity contribution < 1.29 is 4.74 Å². The number of ether oxygens (including phenoxy) is 1. The predicted octanol–water partition coefficient (Wildman–Crippen LogP) is 0.0290. The van der Waals surface area contributed by atoms with Crippen LogP contribution >= 0.6 is 0 Å². The Bertz CT molecular complexity index is 306. The molecule has 2 heterocycles. The van der Waals surface area contributed by atoms with E-state index in [9.17, 15) is 0 Å². The Morgan fingerprint density at radius 2 is 2.47 bits per heavy atom. The van der Waals surface area contributed by atoms with Crippen LogP contribution in [0.1, 0.15) is 6.92 Å². The fraction of sp³-hybridized carbons (Fsp3) is 0.600. The van der Waals surface area contributed by atoms with Crippen LogP contribution in [0.5, 0.6) is 0 Å². The van der Waals surface area contributed by atoms with Crippen molar-refractivity contribution in [2.24, 2.45) is 5.73 Å². The molecule has 1 saturated heterocycles. The summed E-state index contributed by atoms with van der Waals surface area (Å²) in [5.74, 6) is 0.895. The normalized spacial score (nSPS) is 26.7. The van der Waals surface area contributed by atoms with Gasteiger partial charge in [0.15, 0.2) is 5.82 Å². The van der Waals surface area contributed by atoms with Gasteiger partial charge in [-0.1, -0.05) is 0 Å². The van der Waals surface area contributed by atoms with Crippen LogP contribution in [0.25, 0.3) is 0 Å². The molecule has 0 saturated carbocycles. The molecule has 0 amide bonds. The summed E-state index contributed by atoms with van der Waals surface area (Å²) < 4.78 is 5.67. The standard InChI is InChI=1S/C10H16N4O/c1-8-6-14(7-9(5-11)15-8)10-3-2-4-12-13-10/h2-4,8-9H,5-7,11H2,1H3. The van der Waals surface area contributed by atoms with Crippen LogP contribution in [0.4, 0.5) is 5.82 Å².